The zero-order chi connectivity index (χ0) is 14.7. The van der Waals surface area contributed by atoms with Gasteiger partial charge in [-0.2, -0.15) is 0 Å². The summed E-state index contributed by atoms with van der Waals surface area (Å²) in [6, 6.07) is 10.3. The van der Waals surface area contributed by atoms with Crippen molar-refractivity contribution in [2.75, 3.05) is 12.8 Å². The number of halogens is 3. The van der Waals surface area contributed by atoms with Crippen LogP contribution in [0.2, 0.25) is 10.0 Å². The van der Waals surface area contributed by atoms with Gasteiger partial charge in [-0.25, -0.2) is 4.39 Å². The predicted octanol–water partition coefficient (Wildman–Crippen LogP) is 4.35. The van der Waals surface area contributed by atoms with E-state index in [1.165, 1.54) is 6.07 Å². The molecule has 0 aliphatic rings. The Morgan fingerprint density at radius 3 is 2.30 bits per heavy atom. The van der Waals surface area contributed by atoms with Crippen LogP contribution < -0.4 is 5.73 Å². The average molecular weight is 313 g/mol. The Labute approximate surface area is 127 Å². The summed E-state index contributed by atoms with van der Waals surface area (Å²) in [6.07, 6.45) is 0. The van der Waals surface area contributed by atoms with Crippen molar-refractivity contribution in [1.29, 1.82) is 0 Å². The highest BCUT2D eigenvalue weighted by atomic mass is 35.5. The van der Waals surface area contributed by atoms with E-state index in [4.69, 9.17) is 28.9 Å². The van der Waals surface area contributed by atoms with Crippen LogP contribution in [-0.2, 0) is 13.1 Å². The number of nitrogen functional groups attached to an aromatic ring is 1. The van der Waals surface area contributed by atoms with E-state index in [0.717, 1.165) is 5.56 Å². The largest absolute Gasteiger partial charge is 0.396 e. The van der Waals surface area contributed by atoms with Gasteiger partial charge in [0.1, 0.15) is 5.82 Å². The molecule has 0 radical (unpaired) electrons. The lowest BCUT2D eigenvalue weighted by Crippen LogP contribution is -2.18. The van der Waals surface area contributed by atoms with Crippen molar-refractivity contribution >= 4 is 28.9 Å². The third-order valence-corrected chi connectivity index (χ3v) is 3.61. The summed E-state index contributed by atoms with van der Waals surface area (Å²) >= 11 is 12.0. The van der Waals surface area contributed by atoms with Gasteiger partial charge < -0.3 is 5.73 Å². The van der Waals surface area contributed by atoms with E-state index in [9.17, 15) is 4.39 Å². The lowest BCUT2D eigenvalue weighted by atomic mass is 10.1. The van der Waals surface area contributed by atoms with Gasteiger partial charge in [-0.1, -0.05) is 41.4 Å². The monoisotopic (exact) mass is 312 g/mol. The first-order valence-electron chi connectivity index (χ1n) is 6.12. The average Bonchev–Trinajstić information content (AvgIpc) is 2.38. The molecule has 0 amide bonds. The molecule has 2 N–H and O–H groups in total. The molecule has 2 nitrogen and oxygen atoms in total. The van der Waals surface area contributed by atoms with Crippen LogP contribution in [0.5, 0.6) is 0 Å². The molecular formula is C15H15Cl2FN2. The van der Waals surface area contributed by atoms with Crippen LogP contribution in [0, 0.1) is 5.82 Å². The summed E-state index contributed by atoms with van der Waals surface area (Å²) in [6.45, 7) is 1.11. The molecule has 2 aromatic carbocycles. The predicted molar refractivity (Wildman–Crippen MR) is 82.4 cm³/mol. The van der Waals surface area contributed by atoms with Gasteiger partial charge in [0.15, 0.2) is 0 Å². The molecule has 0 aromatic heterocycles. The first-order chi connectivity index (χ1) is 9.47. The summed E-state index contributed by atoms with van der Waals surface area (Å²) in [5.41, 5.74) is 7.67. The van der Waals surface area contributed by atoms with Gasteiger partial charge in [0, 0.05) is 18.7 Å². The van der Waals surface area contributed by atoms with E-state index in [1.807, 2.05) is 18.0 Å². The van der Waals surface area contributed by atoms with E-state index in [2.05, 4.69) is 0 Å². The highest BCUT2D eigenvalue weighted by Crippen LogP contribution is 2.29. The van der Waals surface area contributed by atoms with Gasteiger partial charge in [-0.3, -0.25) is 4.90 Å². The number of hydrogen-bond donors (Lipinski definition) is 1. The molecule has 0 bridgehead atoms. The van der Waals surface area contributed by atoms with Crippen molar-refractivity contribution < 1.29 is 4.39 Å². The minimum Gasteiger partial charge on any atom is -0.396 e. The third-order valence-electron chi connectivity index (χ3n) is 2.99. The van der Waals surface area contributed by atoms with E-state index in [-0.39, 0.29) is 5.82 Å². The Bertz CT molecular complexity index is 594. The second kappa shape index (κ2) is 6.44. The zero-order valence-corrected chi connectivity index (χ0v) is 12.5. The van der Waals surface area contributed by atoms with E-state index >= 15 is 0 Å². The standard InChI is InChI=1S/C15H15Cl2FN2/c1-20(9-11-4-2-3-5-14(11)18)8-10-6-12(16)15(19)13(17)7-10/h2-7H,8-9,19H2,1H3. The Morgan fingerprint density at radius 1 is 1.10 bits per heavy atom. The highest BCUT2D eigenvalue weighted by Gasteiger charge is 2.09. The van der Waals surface area contributed by atoms with Crippen molar-refractivity contribution in [3.05, 3.63) is 63.4 Å². The smallest absolute Gasteiger partial charge is 0.127 e. The van der Waals surface area contributed by atoms with E-state index < -0.39 is 0 Å². The van der Waals surface area contributed by atoms with Crippen LogP contribution in [0.4, 0.5) is 10.1 Å². The molecule has 0 aliphatic carbocycles. The summed E-state index contributed by atoms with van der Waals surface area (Å²) in [5, 5.41) is 0.874. The fourth-order valence-corrected chi connectivity index (χ4v) is 2.55. The maximum atomic E-state index is 13.6. The number of nitrogens with zero attached hydrogens (tertiary/aromatic N) is 1. The van der Waals surface area contributed by atoms with Gasteiger partial charge >= 0.3 is 0 Å². The molecular weight excluding hydrogens is 298 g/mol. The van der Waals surface area contributed by atoms with Gasteiger partial charge in [0.05, 0.1) is 15.7 Å². The normalized spacial score (nSPS) is 11.1. The van der Waals surface area contributed by atoms with Crippen molar-refractivity contribution in [3.63, 3.8) is 0 Å². The topological polar surface area (TPSA) is 29.3 Å². The highest BCUT2D eigenvalue weighted by molar-refractivity contribution is 6.38. The number of benzene rings is 2. The summed E-state index contributed by atoms with van der Waals surface area (Å²) in [5.74, 6) is -0.201. The van der Waals surface area contributed by atoms with Gasteiger partial charge in [-0.05, 0) is 30.8 Å². The van der Waals surface area contributed by atoms with E-state index in [0.29, 0.717) is 34.4 Å². The zero-order valence-electron chi connectivity index (χ0n) is 11.0. The molecule has 0 saturated carbocycles. The lowest BCUT2D eigenvalue weighted by molar-refractivity contribution is 0.313. The van der Waals surface area contributed by atoms with Crippen molar-refractivity contribution in [3.8, 4) is 0 Å². The van der Waals surface area contributed by atoms with Crippen molar-refractivity contribution in [2.45, 2.75) is 13.1 Å². The van der Waals surface area contributed by atoms with Crippen molar-refractivity contribution in [1.82, 2.24) is 4.90 Å². The van der Waals surface area contributed by atoms with Gasteiger partial charge in [0.25, 0.3) is 0 Å². The minimum atomic E-state index is -0.201. The molecule has 5 heteroatoms. The Hall–Kier alpha value is -1.29. The quantitative estimate of drug-likeness (QED) is 0.851. The Kier molecular flexibility index (Phi) is 4.86. The second-order valence-electron chi connectivity index (χ2n) is 4.74. The summed E-state index contributed by atoms with van der Waals surface area (Å²) in [4.78, 5) is 1.98. The molecule has 2 rings (SSSR count). The van der Waals surface area contributed by atoms with Gasteiger partial charge in [0.2, 0.25) is 0 Å². The maximum Gasteiger partial charge on any atom is 0.127 e. The van der Waals surface area contributed by atoms with Crippen LogP contribution in [0.3, 0.4) is 0 Å². The number of hydrogen-bond acceptors (Lipinski definition) is 2. The Balaban J connectivity index is 2.09. The van der Waals surface area contributed by atoms with Crippen molar-refractivity contribution in [2.24, 2.45) is 0 Å². The first-order valence-corrected chi connectivity index (χ1v) is 6.88. The molecule has 0 spiro atoms. The van der Waals surface area contributed by atoms with Crippen LogP contribution in [0.25, 0.3) is 0 Å². The van der Waals surface area contributed by atoms with Crippen LogP contribution in [0.1, 0.15) is 11.1 Å². The van der Waals surface area contributed by atoms with Crippen LogP contribution in [-0.4, -0.2) is 11.9 Å². The second-order valence-corrected chi connectivity index (χ2v) is 5.55. The lowest BCUT2D eigenvalue weighted by Gasteiger charge is -2.18. The number of rotatable bonds is 4. The SMILES string of the molecule is CN(Cc1cc(Cl)c(N)c(Cl)c1)Cc1ccccc1F. The van der Waals surface area contributed by atoms with E-state index in [1.54, 1.807) is 24.3 Å². The Morgan fingerprint density at radius 2 is 1.70 bits per heavy atom. The molecule has 0 unspecified atom stereocenters. The third kappa shape index (κ3) is 3.63. The van der Waals surface area contributed by atoms with Gasteiger partial charge in [-0.15, -0.1) is 0 Å². The molecule has 20 heavy (non-hydrogen) atoms. The molecule has 106 valence electrons. The summed E-state index contributed by atoms with van der Waals surface area (Å²) in [7, 11) is 1.91. The maximum absolute atomic E-state index is 13.6. The fourth-order valence-electron chi connectivity index (χ4n) is 2.01. The molecule has 0 aliphatic heterocycles. The molecule has 0 saturated heterocycles. The molecule has 0 fully saturated rings. The van der Waals surface area contributed by atoms with Crippen LogP contribution in [0.15, 0.2) is 36.4 Å². The molecule has 0 atom stereocenters. The summed E-state index contributed by atoms with van der Waals surface area (Å²) < 4.78 is 13.6. The first kappa shape index (κ1) is 15.1. The molecule has 2 aromatic rings. The molecule has 0 heterocycles. The van der Waals surface area contributed by atoms with Crippen LogP contribution >= 0.6 is 23.2 Å². The number of anilines is 1. The number of nitrogens with two attached hydrogens (primary N) is 1. The fraction of sp³-hybridized carbons (Fsp3) is 0.200. The minimum absolute atomic E-state index is 0.201.